The minimum absolute atomic E-state index is 0.0452. The number of nitrogens with zero attached hydrogens (tertiary/aromatic N) is 3. The summed E-state index contributed by atoms with van der Waals surface area (Å²) < 4.78 is 41.6. The smallest absolute Gasteiger partial charge is 0.228 e. The van der Waals surface area contributed by atoms with Crippen LogP contribution in [0.5, 0.6) is 11.5 Å². The van der Waals surface area contributed by atoms with Crippen molar-refractivity contribution in [3.05, 3.63) is 60.4 Å². The molecule has 0 radical (unpaired) electrons. The summed E-state index contributed by atoms with van der Waals surface area (Å²) in [6, 6.07) is 11.7. The number of benzene rings is 1. The fraction of sp³-hybridized carbons (Fsp3) is 0.240. The molecule has 12 heteroatoms. The van der Waals surface area contributed by atoms with Crippen LogP contribution in [0.4, 0.5) is 0 Å². The molecule has 4 aromatic rings. The number of fused-ring (bicyclic) bond motifs is 1. The Balaban J connectivity index is 1.56. The van der Waals surface area contributed by atoms with E-state index in [2.05, 4.69) is 15.0 Å². The molecule has 5 rings (SSSR count). The van der Waals surface area contributed by atoms with E-state index in [1.54, 1.807) is 30.1 Å². The molecule has 2 unspecified atom stereocenters. The summed E-state index contributed by atoms with van der Waals surface area (Å²) in [4.78, 5) is 35.4. The maximum absolute atomic E-state index is 12.3. The first-order chi connectivity index (χ1) is 17.4. The summed E-state index contributed by atoms with van der Waals surface area (Å²) in [7, 11) is -5.08. The van der Waals surface area contributed by atoms with E-state index in [9.17, 15) is 22.7 Å². The third-order valence-electron chi connectivity index (χ3n) is 6.42. The summed E-state index contributed by atoms with van der Waals surface area (Å²) in [5, 5.41) is 1.05. The van der Waals surface area contributed by atoms with Crippen molar-refractivity contribution < 1.29 is 27.4 Å². The van der Waals surface area contributed by atoms with Crippen molar-refractivity contribution in [2.45, 2.75) is 23.9 Å². The number of aromatic amines is 1. The van der Waals surface area contributed by atoms with Gasteiger partial charge in [0.1, 0.15) is 11.5 Å². The standard InChI is InChI=1S/C25H25N4O6PS/c1-29-22(7-9-25(29)30)18-12-20-15(10-21(28-20)19-6-5-17(14-26-19)36(2,31)32)11-23(18)35-16-4-8-24(27-13-16)37(3,33)34/h4-6,8,10-14,22,28H,7,9H2,1-3H3,(H,31,32). The predicted octanol–water partition coefficient (Wildman–Crippen LogP) is 3.64. The fourth-order valence-electron chi connectivity index (χ4n) is 4.40. The van der Waals surface area contributed by atoms with E-state index in [1.807, 2.05) is 18.2 Å². The van der Waals surface area contributed by atoms with Crippen LogP contribution in [0, 0.1) is 0 Å². The van der Waals surface area contributed by atoms with E-state index in [4.69, 9.17) is 4.74 Å². The highest BCUT2D eigenvalue weighted by Crippen LogP contribution is 2.41. The van der Waals surface area contributed by atoms with Crippen molar-refractivity contribution in [1.82, 2.24) is 19.9 Å². The van der Waals surface area contributed by atoms with Gasteiger partial charge in [-0.15, -0.1) is 0 Å². The Morgan fingerprint density at radius 1 is 1.14 bits per heavy atom. The average molecular weight is 541 g/mol. The third kappa shape index (κ3) is 5.02. The summed E-state index contributed by atoms with van der Waals surface area (Å²) in [5.41, 5.74) is 2.93. The van der Waals surface area contributed by atoms with Gasteiger partial charge in [-0.3, -0.25) is 14.3 Å². The molecule has 0 spiro atoms. The van der Waals surface area contributed by atoms with Crippen LogP contribution in [0.1, 0.15) is 24.4 Å². The third-order valence-corrected chi connectivity index (χ3v) is 8.65. The van der Waals surface area contributed by atoms with E-state index in [1.165, 1.54) is 25.1 Å². The van der Waals surface area contributed by atoms with Crippen molar-refractivity contribution in [3.8, 4) is 22.9 Å². The molecular weight excluding hydrogens is 515 g/mol. The van der Waals surface area contributed by atoms with Crippen molar-refractivity contribution in [1.29, 1.82) is 0 Å². The molecule has 0 aliphatic carbocycles. The van der Waals surface area contributed by atoms with E-state index >= 15 is 0 Å². The molecule has 1 fully saturated rings. The highest BCUT2D eigenvalue weighted by Gasteiger charge is 2.31. The average Bonchev–Trinajstić information content (AvgIpc) is 3.40. The number of hydrogen-bond acceptors (Lipinski definition) is 7. The molecule has 4 heterocycles. The highest BCUT2D eigenvalue weighted by atomic mass is 32.2. The first-order valence-electron chi connectivity index (χ1n) is 11.4. The molecule has 1 saturated heterocycles. The van der Waals surface area contributed by atoms with Gasteiger partial charge in [-0.1, -0.05) is 0 Å². The van der Waals surface area contributed by atoms with E-state index < -0.39 is 17.2 Å². The highest BCUT2D eigenvalue weighted by molar-refractivity contribution is 7.90. The minimum Gasteiger partial charge on any atom is -0.455 e. The molecule has 192 valence electrons. The lowest BCUT2D eigenvalue weighted by molar-refractivity contribution is -0.127. The second-order valence-corrected chi connectivity index (χ2v) is 13.4. The number of pyridine rings is 2. The number of likely N-dealkylation sites (tertiary alicyclic amines) is 1. The number of ether oxygens (including phenoxy) is 1. The van der Waals surface area contributed by atoms with Crippen LogP contribution in [0.3, 0.4) is 0 Å². The summed E-state index contributed by atoms with van der Waals surface area (Å²) in [6.45, 7) is 1.27. The second kappa shape index (κ2) is 9.09. The van der Waals surface area contributed by atoms with Gasteiger partial charge in [-0.25, -0.2) is 13.4 Å². The Hall–Kier alpha value is -3.53. The SMILES string of the molecule is CN1C(=O)CCC1c1cc2[nH]c(-c3ccc(P(C)(=O)O)cn3)cc2cc1Oc1ccc(S(C)(=O)=O)nc1. The number of carbonyl (C=O) groups excluding carboxylic acids is 1. The number of rotatable bonds is 6. The molecule has 2 atom stereocenters. The van der Waals surface area contributed by atoms with E-state index in [0.717, 1.165) is 22.7 Å². The first kappa shape index (κ1) is 25.1. The molecule has 1 aromatic carbocycles. The summed E-state index contributed by atoms with van der Waals surface area (Å²) in [5.74, 6) is 0.929. The van der Waals surface area contributed by atoms with Crippen molar-refractivity contribution in [2.75, 3.05) is 20.0 Å². The van der Waals surface area contributed by atoms with Gasteiger partial charge in [-0.2, -0.15) is 0 Å². The lowest BCUT2D eigenvalue weighted by Gasteiger charge is -2.23. The number of aromatic nitrogens is 3. The molecule has 37 heavy (non-hydrogen) atoms. The van der Waals surface area contributed by atoms with Crippen LogP contribution >= 0.6 is 7.37 Å². The normalized spacial score (nSPS) is 17.8. The Kier molecular flexibility index (Phi) is 6.18. The van der Waals surface area contributed by atoms with Gasteiger partial charge >= 0.3 is 0 Å². The first-order valence-corrected chi connectivity index (χ1v) is 15.4. The molecular formula is C25H25N4O6PS. The van der Waals surface area contributed by atoms with Gasteiger partial charge in [0.2, 0.25) is 13.3 Å². The second-order valence-electron chi connectivity index (χ2n) is 9.21. The topological polar surface area (TPSA) is 143 Å². The molecule has 0 bridgehead atoms. The summed E-state index contributed by atoms with van der Waals surface area (Å²) >= 11 is 0. The number of hydrogen-bond donors (Lipinski definition) is 2. The zero-order valence-electron chi connectivity index (χ0n) is 20.4. The van der Waals surface area contributed by atoms with Crippen LogP contribution in [0.25, 0.3) is 22.3 Å². The lowest BCUT2D eigenvalue weighted by Crippen LogP contribution is -2.22. The zero-order valence-corrected chi connectivity index (χ0v) is 22.1. The van der Waals surface area contributed by atoms with Crippen LogP contribution in [0.2, 0.25) is 0 Å². The number of nitrogens with one attached hydrogen (secondary N) is 1. The van der Waals surface area contributed by atoms with Crippen LogP contribution in [-0.4, -0.2) is 59.0 Å². The van der Waals surface area contributed by atoms with Gasteiger partial charge in [0.05, 0.1) is 28.9 Å². The number of H-pyrrole nitrogens is 1. The molecule has 1 aliphatic rings. The van der Waals surface area contributed by atoms with Gasteiger partial charge in [0, 0.05) is 49.1 Å². The Morgan fingerprint density at radius 2 is 1.92 bits per heavy atom. The maximum atomic E-state index is 12.3. The minimum atomic E-state index is -3.44. The monoisotopic (exact) mass is 540 g/mol. The molecule has 10 nitrogen and oxygen atoms in total. The number of carbonyl (C=O) groups is 1. The van der Waals surface area contributed by atoms with E-state index in [-0.39, 0.29) is 22.3 Å². The van der Waals surface area contributed by atoms with Crippen molar-refractivity contribution in [3.63, 3.8) is 0 Å². The molecule has 0 saturated carbocycles. The largest absolute Gasteiger partial charge is 0.455 e. The Labute approximate surface area is 213 Å². The molecule has 1 amide bonds. The Morgan fingerprint density at radius 3 is 2.49 bits per heavy atom. The molecule has 3 aromatic heterocycles. The van der Waals surface area contributed by atoms with Crippen LogP contribution in [0.15, 0.2) is 59.9 Å². The van der Waals surface area contributed by atoms with Crippen LogP contribution < -0.4 is 10.0 Å². The Bertz CT molecular complexity index is 1660. The van der Waals surface area contributed by atoms with Crippen LogP contribution in [-0.2, 0) is 19.2 Å². The van der Waals surface area contributed by atoms with Gasteiger partial charge < -0.3 is 19.5 Å². The number of sulfone groups is 1. The van der Waals surface area contributed by atoms with Gasteiger partial charge in [-0.05, 0) is 48.9 Å². The number of amides is 1. The van der Waals surface area contributed by atoms with Gasteiger partial charge in [0.15, 0.2) is 14.9 Å². The maximum Gasteiger partial charge on any atom is 0.228 e. The zero-order chi connectivity index (χ0) is 26.5. The molecule has 2 N–H and O–H groups in total. The predicted molar refractivity (Wildman–Crippen MR) is 139 cm³/mol. The summed E-state index contributed by atoms with van der Waals surface area (Å²) in [6.07, 6.45) is 4.91. The lowest BCUT2D eigenvalue weighted by atomic mass is 10.0. The quantitative estimate of drug-likeness (QED) is 0.353. The van der Waals surface area contributed by atoms with E-state index in [0.29, 0.717) is 35.7 Å². The van der Waals surface area contributed by atoms with Gasteiger partial charge in [0.25, 0.3) is 0 Å². The molecule has 1 aliphatic heterocycles. The van der Waals surface area contributed by atoms with Crippen molar-refractivity contribution in [2.24, 2.45) is 0 Å². The van der Waals surface area contributed by atoms with Crippen molar-refractivity contribution >= 4 is 39.3 Å². The fourth-order valence-corrected chi connectivity index (χ4v) is 5.58.